The number of nitrogens with one attached hydrogen (secondary N) is 3. The fourth-order valence-corrected chi connectivity index (χ4v) is 3.46. The van der Waals surface area contributed by atoms with Crippen molar-refractivity contribution in [2.45, 2.75) is 0 Å². The van der Waals surface area contributed by atoms with E-state index < -0.39 is 0 Å². The average Bonchev–Trinajstić information content (AvgIpc) is 3.26. The van der Waals surface area contributed by atoms with Gasteiger partial charge in [0, 0.05) is 40.9 Å². The largest absolute Gasteiger partial charge is 0.383 e. The number of methoxy groups -OCH3 is 1. The maximum atomic E-state index is 12.3. The van der Waals surface area contributed by atoms with Crippen molar-refractivity contribution < 1.29 is 9.53 Å². The molecule has 0 fully saturated rings. The Hall–Kier alpha value is -2.97. The summed E-state index contributed by atoms with van der Waals surface area (Å²) < 4.78 is 4.93. The van der Waals surface area contributed by atoms with Gasteiger partial charge in [0.05, 0.1) is 23.3 Å². The predicted octanol–water partition coefficient (Wildman–Crippen LogP) is 2.51. The summed E-state index contributed by atoms with van der Waals surface area (Å²) in [6, 6.07) is 7.22. The molecular weight excluding hydrogens is 352 g/mol. The molecule has 3 aromatic heterocycles. The van der Waals surface area contributed by atoms with Crippen molar-refractivity contribution in [3.63, 3.8) is 0 Å². The zero-order valence-corrected chi connectivity index (χ0v) is 14.8. The van der Waals surface area contributed by atoms with Crippen LogP contribution in [0.1, 0.15) is 10.4 Å². The Balaban J connectivity index is 1.70. The number of carbonyl (C=O) groups is 1. The van der Waals surface area contributed by atoms with Crippen molar-refractivity contribution in [2.75, 3.05) is 20.3 Å². The Kier molecular flexibility index (Phi) is 4.27. The van der Waals surface area contributed by atoms with Crippen LogP contribution in [0.2, 0.25) is 0 Å². The first-order valence-electron chi connectivity index (χ1n) is 8.02. The molecule has 26 heavy (non-hydrogen) atoms. The van der Waals surface area contributed by atoms with Crippen molar-refractivity contribution in [2.24, 2.45) is 0 Å². The monoisotopic (exact) mass is 368 g/mol. The van der Waals surface area contributed by atoms with Gasteiger partial charge in [-0.2, -0.15) is 0 Å². The lowest BCUT2D eigenvalue weighted by Crippen LogP contribution is -2.26. The number of hydrogen-bond donors (Lipinski definition) is 3. The number of amides is 1. The van der Waals surface area contributed by atoms with Gasteiger partial charge >= 0.3 is 0 Å². The maximum Gasteiger partial charge on any atom is 0.276 e. The second-order valence-corrected chi connectivity index (χ2v) is 6.56. The molecule has 1 aromatic carbocycles. The molecule has 0 aliphatic heterocycles. The third-order valence-electron chi connectivity index (χ3n) is 4.07. The number of nitrogens with zero attached hydrogens (tertiary/aromatic N) is 1. The van der Waals surface area contributed by atoms with Crippen LogP contribution in [-0.2, 0) is 4.74 Å². The van der Waals surface area contributed by atoms with E-state index in [1.165, 1.54) is 11.3 Å². The van der Waals surface area contributed by atoms with Gasteiger partial charge in [-0.15, -0.1) is 11.3 Å². The van der Waals surface area contributed by atoms with E-state index in [0.717, 1.165) is 21.9 Å². The summed E-state index contributed by atoms with van der Waals surface area (Å²) >= 11 is 1.49. The number of ether oxygens (including phenoxy) is 1. The van der Waals surface area contributed by atoms with E-state index in [4.69, 9.17) is 4.74 Å². The molecule has 7 nitrogen and oxygen atoms in total. The molecule has 3 N–H and O–H groups in total. The highest BCUT2D eigenvalue weighted by molar-refractivity contribution is 7.09. The van der Waals surface area contributed by atoms with Crippen LogP contribution in [0.15, 0.2) is 39.8 Å². The predicted molar refractivity (Wildman–Crippen MR) is 102 cm³/mol. The number of fused-ring (bicyclic) bond motifs is 2. The molecule has 3 heterocycles. The van der Waals surface area contributed by atoms with Gasteiger partial charge in [-0.3, -0.25) is 9.59 Å². The number of hydrogen-bond acceptors (Lipinski definition) is 5. The summed E-state index contributed by atoms with van der Waals surface area (Å²) in [7, 11) is 1.59. The molecule has 0 spiro atoms. The highest BCUT2D eigenvalue weighted by Gasteiger charge is 2.13. The van der Waals surface area contributed by atoms with Gasteiger partial charge in [-0.1, -0.05) is 6.07 Å². The third-order valence-corrected chi connectivity index (χ3v) is 4.80. The van der Waals surface area contributed by atoms with Crippen LogP contribution >= 0.6 is 11.3 Å². The Morgan fingerprint density at radius 3 is 2.96 bits per heavy atom. The number of carbonyl (C=O) groups excluding carboxylic acids is 1. The van der Waals surface area contributed by atoms with E-state index in [2.05, 4.69) is 20.3 Å². The Labute approximate surface area is 152 Å². The van der Waals surface area contributed by atoms with Gasteiger partial charge in [0.2, 0.25) is 0 Å². The zero-order valence-electron chi connectivity index (χ0n) is 14.0. The smallest absolute Gasteiger partial charge is 0.276 e. The lowest BCUT2D eigenvalue weighted by molar-refractivity contribution is 0.0937. The number of H-pyrrole nitrogens is 2. The standard InChI is InChI=1S/C18H16N4O3S/c1-25-5-4-19-17(23)11-3-2-10-6-13(20-12(10)7-11)16-18(24)22-15-9-26-8-14(15)21-16/h2-3,6-9,20H,4-5H2,1H3,(H,19,23)(H,22,24). The number of aromatic nitrogens is 3. The van der Waals surface area contributed by atoms with Crippen LogP contribution in [0.4, 0.5) is 0 Å². The molecule has 0 atom stereocenters. The van der Waals surface area contributed by atoms with E-state index >= 15 is 0 Å². The molecule has 4 aromatic rings. The fourth-order valence-electron chi connectivity index (χ4n) is 2.77. The van der Waals surface area contributed by atoms with Crippen molar-refractivity contribution in [1.29, 1.82) is 0 Å². The molecule has 1 amide bonds. The number of rotatable bonds is 5. The van der Waals surface area contributed by atoms with Gasteiger partial charge in [-0.25, -0.2) is 4.98 Å². The fraction of sp³-hybridized carbons (Fsp3) is 0.167. The van der Waals surface area contributed by atoms with Crippen molar-refractivity contribution in [3.05, 3.63) is 50.9 Å². The van der Waals surface area contributed by atoms with Gasteiger partial charge in [-0.05, 0) is 18.2 Å². The average molecular weight is 368 g/mol. The van der Waals surface area contributed by atoms with Gasteiger partial charge in [0.15, 0.2) is 5.69 Å². The molecule has 0 radical (unpaired) electrons. The van der Waals surface area contributed by atoms with E-state index in [9.17, 15) is 9.59 Å². The second-order valence-electron chi connectivity index (χ2n) is 5.82. The molecular formula is C18H16N4O3S. The van der Waals surface area contributed by atoms with E-state index in [0.29, 0.717) is 30.1 Å². The first kappa shape index (κ1) is 16.5. The lowest BCUT2D eigenvalue weighted by Gasteiger charge is -2.04. The molecule has 0 bridgehead atoms. The van der Waals surface area contributed by atoms with Crippen LogP contribution in [0.25, 0.3) is 33.3 Å². The molecule has 4 rings (SSSR count). The van der Waals surface area contributed by atoms with Crippen molar-refractivity contribution in [1.82, 2.24) is 20.3 Å². The third kappa shape index (κ3) is 3.00. The molecule has 0 aliphatic carbocycles. The van der Waals surface area contributed by atoms with E-state index in [-0.39, 0.29) is 11.5 Å². The van der Waals surface area contributed by atoms with E-state index in [1.807, 2.05) is 22.9 Å². The number of thiophene rings is 1. The summed E-state index contributed by atoms with van der Waals surface area (Å²) in [4.78, 5) is 35.0. The summed E-state index contributed by atoms with van der Waals surface area (Å²) in [5.41, 5.74) is 3.49. The topological polar surface area (TPSA) is 99.9 Å². The van der Waals surface area contributed by atoms with Crippen LogP contribution in [0.5, 0.6) is 0 Å². The maximum absolute atomic E-state index is 12.3. The minimum absolute atomic E-state index is 0.171. The van der Waals surface area contributed by atoms with Crippen LogP contribution in [0.3, 0.4) is 0 Å². The SMILES string of the molecule is COCCNC(=O)c1ccc2cc(-c3nc4cscc4[nH]c3=O)[nH]c2c1. The summed E-state index contributed by atoms with van der Waals surface area (Å²) in [5.74, 6) is -0.171. The quantitative estimate of drug-likeness (QED) is 0.471. The summed E-state index contributed by atoms with van der Waals surface area (Å²) in [6.07, 6.45) is 0. The molecule has 132 valence electrons. The normalized spacial score (nSPS) is 11.3. The first-order valence-corrected chi connectivity index (χ1v) is 8.96. The summed E-state index contributed by atoms with van der Waals surface area (Å²) in [6.45, 7) is 0.906. The molecule has 0 unspecified atom stereocenters. The lowest BCUT2D eigenvalue weighted by atomic mass is 10.1. The molecule has 0 aliphatic rings. The number of benzene rings is 1. The number of aromatic amines is 2. The Bertz CT molecular complexity index is 1160. The molecule has 8 heteroatoms. The van der Waals surface area contributed by atoms with Crippen LogP contribution in [-0.4, -0.2) is 41.1 Å². The Morgan fingerprint density at radius 1 is 1.23 bits per heavy atom. The van der Waals surface area contributed by atoms with Crippen LogP contribution < -0.4 is 10.9 Å². The van der Waals surface area contributed by atoms with Crippen molar-refractivity contribution in [3.8, 4) is 11.4 Å². The molecule has 0 saturated heterocycles. The van der Waals surface area contributed by atoms with Crippen LogP contribution in [0, 0.1) is 0 Å². The first-order chi connectivity index (χ1) is 12.7. The highest BCUT2D eigenvalue weighted by Crippen LogP contribution is 2.23. The summed E-state index contributed by atoms with van der Waals surface area (Å²) in [5, 5.41) is 7.43. The van der Waals surface area contributed by atoms with Crippen molar-refractivity contribution >= 4 is 39.2 Å². The van der Waals surface area contributed by atoms with E-state index in [1.54, 1.807) is 19.2 Å². The second kappa shape index (κ2) is 6.74. The minimum atomic E-state index is -0.250. The highest BCUT2D eigenvalue weighted by atomic mass is 32.1. The zero-order chi connectivity index (χ0) is 18.1. The Morgan fingerprint density at radius 2 is 2.12 bits per heavy atom. The van der Waals surface area contributed by atoms with Gasteiger partial charge < -0.3 is 20.0 Å². The minimum Gasteiger partial charge on any atom is -0.383 e. The van der Waals surface area contributed by atoms with Gasteiger partial charge in [0.1, 0.15) is 0 Å². The molecule has 0 saturated carbocycles. The van der Waals surface area contributed by atoms with Gasteiger partial charge in [0.25, 0.3) is 11.5 Å².